The van der Waals surface area contributed by atoms with Crippen molar-refractivity contribution in [3.05, 3.63) is 52.8 Å². The first kappa shape index (κ1) is 20.9. The number of hydrogen-bond acceptors (Lipinski definition) is 5. The summed E-state index contributed by atoms with van der Waals surface area (Å²) in [6, 6.07) is 8.62. The second kappa shape index (κ2) is 9.09. The van der Waals surface area contributed by atoms with Crippen LogP contribution in [0.1, 0.15) is 58.6 Å². The van der Waals surface area contributed by atoms with Gasteiger partial charge in [0.25, 0.3) is 5.91 Å². The smallest absolute Gasteiger partial charge is 0.335 e. The first-order valence-electron chi connectivity index (χ1n) is 9.52. The highest BCUT2D eigenvalue weighted by Gasteiger charge is 2.19. The molecule has 0 atom stereocenters. The summed E-state index contributed by atoms with van der Waals surface area (Å²) < 4.78 is 5.62. The lowest BCUT2D eigenvalue weighted by atomic mass is 9.95. The molecule has 1 saturated carbocycles. The number of nitriles is 1. The highest BCUT2D eigenvalue weighted by molar-refractivity contribution is 6.01. The van der Waals surface area contributed by atoms with E-state index in [4.69, 9.17) is 4.42 Å². The van der Waals surface area contributed by atoms with Gasteiger partial charge in [-0.25, -0.2) is 9.59 Å². The molecule has 1 aromatic heterocycles. The molecular weight excluding hydrogens is 388 g/mol. The molecule has 154 valence electrons. The average molecular weight is 408 g/mol. The Morgan fingerprint density at radius 1 is 1.03 bits per heavy atom. The predicted molar refractivity (Wildman–Crippen MR) is 107 cm³/mol. The molecular formula is C22H20N2O6. The molecule has 0 unspecified atom stereocenters. The lowest BCUT2D eigenvalue weighted by Gasteiger charge is -2.22. The number of carboxylic acids is 2. The van der Waals surface area contributed by atoms with Crippen molar-refractivity contribution < 1.29 is 29.0 Å². The molecule has 0 radical (unpaired) electrons. The van der Waals surface area contributed by atoms with E-state index in [1.165, 1.54) is 30.3 Å². The van der Waals surface area contributed by atoms with Gasteiger partial charge in [-0.3, -0.25) is 4.79 Å². The number of furan rings is 1. The summed E-state index contributed by atoms with van der Waals surface area (Å²) in [6.07, 6.45) is 6.33. The fraction of sp³-hybridized carbons (Fsp3) is 0.273. The van der Waals surface area contributed by atoms with Crippen LogP contribution in [0.15, 0.2) is 40.3 Å². The number of benzene rings is 1. The number of nitrogens with one attached hydrogen (secondary N) is 1. The maximum atomic E-state index is 12.4. The van der Waals surface area contributed by atoms with Gasteiger partial charge in [-0.05, 0) is 43.2 Å². The highest BCUT2D eigenvalue weighted by atomic mass is 16.4. The molecule has 1 amide bonds. The normalized spacial score (nSPS) is 14.7. The maximum absolute atomic E-state index is 12.4. The van der Waals surface area contributed by atoms with Crippen molar-refractivity contribution in [1.29, 1.82) is 5.26 Å². The molecule has 8 heteroatoms. The van der Waals surface area contributed by atoms with Crippen molar-refractivity contribution in [2.24, 2.45) is 0 Å². The number of carbonyl (C=O) groups excluding carboxylic acids is 1. The molecule has 1 fully saturated rings. The van der Waals surface area contributed by atoms with Crippen molar-refractivity contribution in [2.75, 3.05) is 0 Å². The maximum Gasteiger partial charge on any atom is 0.335 e. The van der Waals surface area contributed by atoms with Crippen molar-refractivity contribution in [3.63, 3.8) is 0 Å². The van der Waals surface area contributed by atoms with E-state index >= 15 is 0 Å². The monoisotopic (exact) mass is 408 g/mol. The van der Waals surface area contributed by atoms with Crippen LogP contribution < -0.4 is 5.32 Å². The van der Waals surface area contributed by atoms with Crippen molar-refractivity contribution in [1.82, 2.24) is 5.32 Å². The molecule has 0 aliphatic heterocycles. The van der Waals surface area contributed by atoms with Gasteiger partial charge in [0.15, 0.2) is 0 Å². The van der Waals surface area contributed by atoms with Gasteiger partial charge < -0.3 is 19.9 Å². The topological polar surface area (TPSA) is 141 Å². The Kier molecular flexibility index (Phi) is 6.32. The zero-order valence-corrected chi connectivity index (χ0v) is 16.1. The second-order valence-electron chi connectivity index (χ2n) is 7.09. The average Bonchev–Trinajstić information content (AvgIpc) is 3.21. The molecule has 3 N–H and O–H groups in total. The summed E-state index contributed by atoms with van der Waals surface area (Å²) in [6.45, 7) is 0. The molecule has 2 aromatic rings. The number of carbonyl (C=O) groups is 3. The Hall–Kier alpha value is -3.86. The van der Waals surface area contributed by atoms with E-state index in [1.807, 2.05) is 6.07 Å². The summed E-state index contributed by atoms with van der Waals surface area (Å²) >= 11 is 0. The minimum absolute atomic E-state index is 0.0587. The second-order valence-corrected chi connectivity index (χ2v) is 7.09. The lowest BCUT2D eigenvalue weighted by molar-refractivity contribution is -0.117. The van der Waals surface area contributed by atoms with E-state index in [0.717, 1.165) is 38.2 Å². The van der Waals surface area contributed by atoms with Crippen molar-refractivity contribution >= 4 is 23.9 Å². The van der Waals surface area contributed by atoms with Crippen LogP contribution in [0.2, 0.25) is 0 Å². The van der Waals surface area contributed by atoms with Crippen LogP contribution >= 0.6 is 0 Å². The van der Waals surface area contributed by atoms with Gasteiger partial charge in [-0.2, -0.15) is 5.26 Å². The van der Waals surface area contributed by atoms with Crippen LogP contribution in [0.25, 0.3) is 17.4 Å². The van der Waals surface area contributed by atoms with E-state index < -0.39 is 17.8 Å². The lowest BCUT2D eigenvalue weighted by Crippen LogP contribution is -2.36. The Morgan fingerprint density at radius 3 is 2.23 bits per heavy atom. The summed E-state index contributed by atoms with van der Waals surface area (Å²) in [5.41, 5.74) is -0.227. The summed E-state index contributed by atoms with van der Waals surface area (Å²) in [7, 11) is 0. The Morgan fingerprint density at radius 2 is 1.67 bits per heavy atom. The minimum Gasteiger partial charge on any atom is -0.478 e. The molecule has 1 aliphatic carbocycles. The predicted octanol–water partition coefficient (Wildman–Crippen LogP) is 3.70. The summed E-state index contributed by atoms with van der Waals surface area (Å²) in [5, 5.41) is 30.6. The molecule has 0 saturated heterocycles. The van der Waals surface area contributed by atoms with Gasteiger partial charge >= 0.3 is 11.9 Å². The molecule has 1 aliphatic rings. The number of carboxylic acid groups (broad SMARTS) is 2. The Balaban J connectivity index is 1.84. The summed E-state index contributed by atoms with van der Waals surface area (Å²) in [5.74, 6) is -2.56. The Labute approximate surface area is 172 Å². The van der Waals surface area contributed by atoms with Crippen LogP contribution in [0.5, 0.6) is 0 Å². The number of rotatable bonds is 6. The van der Waals surface area contributed by atoms with Gasteiger partial charge in [-0.15, -0.1) is 0 Å². The highest BCUT2D eigenvalue weighted by Crippen LogP contribution is 2.26. The fourth-order valence-corrected chi connectivity index (χ4v) is 3.40. The third kappa shape index (κ3) is 4.94. The van der Waals surface area contributed by atoms with Gasteiger partial charge in [0.2, 0.25) is 0 Å². The van der Waals surface area contributed by atoms with Gasteiger partial charge in [0.05, 0.1) is 11.1 Å². The van der Waals surface area contributed by atoms with Crippen LogP contribution in [-0.4, -0.2) is 34.1 Å². The van der Waals surface area contributed by atoms with E-state index in [9.17, 15) is 29.9 Å². The third-order valence-electron chi connectivity index (χ3n) is 4.93. The molecule has 0 bridgehead atoms. The quantitative estimate of drug-likeness (QED) is 0.489. The van der Waals surface area contributed by atoms with Crippen molar-refractivity contribution in [3.8, 4) is 17.4 Å². The molecule has 3 rings (SSSR count). The first-order valence-corrected chi connectivity index (χ1v) is 9.52. The summed E-state index contributed by atoms with van der Waals surface area (Å²) in [4.78, 5) is 34.9. The van der Waals surface area contributed by atoms with Crippen molar-refractivity contribution in [2.45, 2.75) is 38.1 Å². The largest absolute Gasteiger partial charge is 0.478 e. The first-order chi connectivity index (χ1) is 14.4. The van der Waals surface area contributed by atoms with E-state index in [-0.39, 0.29) is 39.8 Å². The van der Waals surface area contributed by atoms with Gasteiger partial charge in [0.1, 0.15) is 23.2 Å². The SMILES string of the molecule is N#C/C(=C\c1ccc(-c2cc(C(=O)O)cc(C(=O)O)c2)o1)C(=O)NC1CCCCC1. The molecule has 30 heavy (non-hydrogen) atoms. The van der Waals surface area contributed by atoms with Crippen LogP contribution in [0.4, 0.5) is 0 Å². The molecule has 1 aromatic carbocycles. The fourth-order valence-electron chi connectivity index (χ4n) is 3.40. The van der Waals surface area contributed by atoms with Crippen LogP contribution in [-0.2, 0) is 4.79 Å². The van der Waals surface area contributed by atoms with E-state index in [2.05, 4.69) is 5.32 Å². The number of aromatic carboxylic acids is 2. The third-order valence-corrected chi connectivity index (χ3v) is 4.93. The number of hydrogen-bond donors (Lipinski definition) is 3. The Bertz CT molecular complexity index is 1020. The molecule has 0 spiro atoms. The van der Waals surface area contributed by atoms with E-state index in [0.29, 0.717) is 0 Å². The zero-order valence-electron chi connectivity index (χ0n) is 16.1. The van der Waals surface area contributed by atoms with Gasteiger partial charge in [-0.1, -0.05) is 19.3 Å². The minimum atomic E-state index is -1.27. The molecule has 1 heterocycles. The number of nitrogens with zero attached hydrogens (tertiary/aromatic N) is 1. The van der Waals surface area contributed by atoms with Crippen LogP contribution in [0, 0.1) is 11.3 Å². The zero-order chi connectivity index (χ0) is 21.7. The van der Waals surface area contributed by atoms with Crippen LogP contribution in [0.3, 0.4) is 0 Å². The number of amides is 1. The molecule has 8 nitrogen and oxygen atoms in total. The van der Waals surface area contributed by atoms with Gasteiger partial charge in [0, 0.05) is 17.7 Å². The standard InChI is InChI=1S/C22H20N2O6/c23-12-16(20(25)24-17-4-2-1-3-5-17)11-18-6-7-19(30-18)13-8-14(21(26)27)10-15(9-13)22(28)29/h6-11,17H,1-5H2,(H,24,25)(H,26,27)(H,28,29)/b16-11+. The van der Waals surface area contributed by atoms with E-state index in [1.54, 1.807) is 0 Å².